The van der Waals surface area contributed by atoms with E-state index in [2.05, 4.69) is 17.1 Å². The van der Waals surface area contributed by atoms with Crippen LogP contribution in [0.25, 0.3) is 0 Å². The van der Waals surface area contributed by atoms with E-state index in [1.54, 1.807) is 0 Å². The van der Waals surface area contributed by atoms with Gasteiger partial charge in [-0.3, -0.25) is 4.98 Å². The summed E-state index contributed by atoms with van der Waals surface area (Å²) >= 11 is 0. The highest BCUT2D eigenvalue weighted by Crippen LogP contribution is 2.28. The molecular weight excluding hydrogens is 184 g/mol. The first-order chi connectivity index (χ1) is 7.34. The van der Waals surface area contributed by atoms with Gasteiger partial charge in [0, 0.05) is 18.4 Å². The zero-order valence-electron chi connectivity index (χ0n) is 9.23. The van der Waals surface area contributed by atoms with Crippen LogP contribution in [0.4, 0.5) is 0 Å². The number of hydrogen-bond acceptors (Lipinski definition) is 2. The third kappa shape index (κ3) is 3.31. The first-order valence-electron chi connectivity index (χ1n) is 5.99. The number of pyridine rings is 1. The smallest absolute Gasteiger partial charge is 0.0270 e. The molecule has 1 aromatic heterocycles. The Bertz CT molecular complexity index is 278. The molecular formula is C13H20N2. The van der Waals surface area contributed by atoms with Crippen molar-refractivity contribution in [2.45, 2.75) is 44.6 Å². The summed E-state index contributed by atoms with van der Waals surface area (Å²) in [7, 11) is 0. The Hall–Kier alpha value is -0.890. The van der Waals surface area contributed by atoms with Gasteiger partial charge < -0.3 is 5.73 Å². The van der Waals surface area contributed by atoms with Gasteiger partial charge in [0.05, 0.1) is 0 Å². The third-order valence-electron chi connectivity index (χ3n) is 3.36. The number of rotatable bonds is 4. The van der Waals surface area contributed by atoms with E-state index in [4.69, 9.17) is 5.73 Å². The molecule has 0 radical (unpaired) electrons. The normalized spacial score (nSPS) is 19.3. The molecule has 1 atom stereocenters. The van der Waals surface area contributed by atoms with Gasteiger partial charge in [-0.05, 0) is 36.5 Å². The van der Waals surface area contributed by atoms with Crippen molar-refractivity contribution in [1.29, 1.82) is 0 Å². The SMILES string of the molecule is NC(Cc1ccncc1)CC1CCCC1. The highest BCUT2D eigenvalue weighted by molar-refractivity contribution is 5.11. The molecule has 1 aliphatic carbocycles. The largest absolute Gasteiger partial charge is 0.327 e. The summed E-state index contributed by atoms with van der Waals surface area (Å²) in [5.74, 6) is 0.891. The van der Waals surface area contributed by atoms with Gasteiger partial charge in [-0.2, -0.15) is 0 Å². The molecule has 0 spiro atoms. The van der Waals surface area contributed by atoms with Crippen LogP contribution in [0.5, 0.6) is 0 Å². The average Bonchev–Trinajstić information content (AvgIpc) is 2.71. The molecule has 15 heavy (non-hydrogen) atoms. The van der Waals surface area contributed by atoms with E-state index in [-0.39, 0.29) is 0 Å². The van der Waals surface area contributed by atoms with Gasteiger partial charge in [-0.25, -0.2) is 0 Å². The lowest BCUT2D eigenvalue weighted by molar-refractivity contribution is 0.440. The lowest BCUT2D eigenvalue weighted by Gasteiger charge is -2.16. The predicted molar refractivity (Wildman–Crippen MR) is 62.5 cm³/mol. The van der Waals surface area contributed by atoms with Gasteiger partial charge in [0.2, 0.25) is 0 Å². The number of nitrogens with two attached hydrogens (primary N) is 1. The van der Waals surface area contributed by atoms with Crippen LogP contribution in [0, 0.1) is 5.92 Å². The van der Waals surface area contributed by atoms with Gasteiger partial charge in [0.1, 0.15) is 0 Å². The zero-order chi connectivity index (χ0) is 10.5. The molecule has 0 saturated heterocycles. The molecule has 1 unspecified atom stereocenters. The molecule has 1 aliphatic rings. The zero-order valence-corrected chi connectivity index (χ0v) is 9.23. The molecule has 0 bridgehead atoms. The summed E-state index contributed by atoms with van der Waals surface area (Å²) < 4.78 is 0. The monoisotopic (exact) mass is 204 g/mol. The Morgan fingerprint density at radius 2 is 1.93 bits per heavy atom. The fourth-order valence-corrected chi connectivity index (χ4v) is 2.58. The number of aromatic nitrogens is 1. The maximum absolute atomic E-state index is 6.17. The first-order valence-corrected chi connectivity index (χ1v) is 5.99. The lowest BCUT2D eigenvalue weighted by Crippen LogP contribution is -2.25. The first kappa shape index (κ1) is 10.6. The standard InChI is InChI=1S/C13H20N2/c14-13(9-11-3-1-2-4-11)10-12-5-7-15-8-6-12/h5-8,11,13H,1-4,9-10,14H2. The molecule has 1 saturated carbocycles. The molecule has 0 aromatic carbocycles. The number of nitrogens with zero attached hydrogens (tertiary/aromatic N) is 1. The molecule has 2 heteroatoms. The fourth-order valence-electron chi connectivity index (χ4n) is 2.58. The van der Waals surface area contributed by atoms with E-state index in [9.17, 15) is 0 Å². The van der Waals surface area contributed by atoms with Crippen LogP contribution in [0.2, 0.25) is 0 Å². The van der Waals surface area contributed by atoms with Crippen molar-refractivity contribution < 1.29 is 0 Å². The lowest BCUT2D eigenvalue weighted by atomic mass is 9.95. The van der Waals surface area contributed by atoms with Gasteiger partial charge in [0.15, 0.2) is 0 Å². The van der Waals surface area contributed by atoms with Crippen molar-refractivity contribution in [3.8, 4) is 0 Å². The summed E-state index contributed by atoms with van der Waals surface area (Å²) in [6.45, 7) is 0. The maximum Gasteiger partial charge on any atom is 0.0270 e. The molecule has 82 valence electrons. The van der Waals surface area contributed by atoms with Crippen LogP contribution in [0.1, 0.15) is 37.7 Å². The molecule has 0 aliphatic heterocycles. The highest BCUT2D eigenvalue weighted by atomic mass is 14.6. The van der Waals surface area contributed by atoms with Gasteiger partial charge in [0.25, 0.3) is 0 Å². The second-order valence-electron chi connectivity index (χ2n) is 4.71. The molecule has 1 heterocycles. The van der Waals surface area contributed by atoms with Crippen LogP contribution >= 0.6 is 0 Å². The van der Waals surface area contributed by atoms with Crippen molar-refractivity contribution in [1.82, 2.24) is 4.98 Å². The quantitative estimate of drug-likeness (QED) is 0.818. The van der Waals surface area contributed by atoms with E-state index >= 15 is 0 Å². The molecule has 1 fully saturated rings. The molecule has 0 amide bonds. The summed E-state index contributed by atoms with van der Waals surface area (Å²) in [6.07, 6.45) is 11.5. The van der Waals surface area contributed by atoms with Gasteiger partial charge in [-0.1, -0.05) is 25.7 Å². The van der Waals surface area contributed by atoms with E-state index < -0.39 is 0 Å². The second kappa shape index (κ2) is 5.26. The van der Waals surface area contributed by atoms with E-state index in [1.165, 1.54) is 37.7 Å². The van der Waals surface area contributed by atoms with Crippen molar-refractivity contribution in [2.75, 3.05) is 0 Å². The highest BCUT2D eigenvalue weighted by Gasteiger charge is 2.17. The van der Waals surface area contributed by atoms with Crippen molar-refractivity contribution in [2.24, 2.45) is 11.7 Å². The predicted octanol–water partition coefficient (Wildman–Crippen LogP) is 2.53. The van der Waals surface area contributed by atoms with E-state index in [1.807, 2.05) is 12.4 Å². The van der Waals surface area contributed by atoms with Crippen LogP contribution in [0.15, 0.2) is 24.5 Å². The Balaban J connectivity index is 1.79. The Kier molecular flexibility index (Phi) is 3.73. The summed E-state index contributed by atoms with van der Waals surface area (Å²) in [5.41, 5.74) is 7.48. The third-order valence-corrected chi connectivity index (χ3v) is 3.36. The average molecular weight is 204 g/mol. The van der Waals surface area contributed by atoms with Crippen LogP contribution < -0.4 is 5.73 Å². The van der Waals surface area contributed by atoms with Gasteiger partial charge >= 0.3 is 0 Å². The molecule has 1 aromatic rings. The van der Waals surface area contributed by atoms with E-state index in [0.29, 0.717) is 6.04 Å². The minimum atomic E-state index is 0.329. The maximum atomic E-state index is 6.17. The topological polar surface area (TPSA) is 38.9 Å². The van der Waals surface area contributed by atoms with Crippen molar-refractivity contribution in [3.05, 3.63) is 30.1 Å². The van der Waals surface area contributed by atoms with Crippen LogP contribution in [0.3, 0.4) is 0 Å². The second-order valence-corrected chi connectivity index (χ2v) is 4.71. The van der Waals surface area contributed by atoms with Crippen molar-refractivity contribution >= 4 is 0 Å². The van der Waals surface area contributed by atoms with E-state index in [0.717, 1.165) is 12.3 Å². The molecule has 2 nitrogen and oxygen atoms in total. The fraction of sp³-hybridized carbons (Fsp3) is 0.615. The molecule has 2 rings (SSSR count). The Morgan fingerprint density at radius 1 is 1.27 bits per heavy atom. The number of hydrogen-bond donors (Lipinski definition) is 1. The van der Waals surface area contributed by atoms with Crippen LogP contribution in [-0.4, -0.2) is 11.0 Å². The minimum Gasteiger partial charge on any atom is -0.327 e. The Morgan fingerprint density at radius 3 is 2.60 bits per heavy atom. The Labute approximate surface area is 91.9 Å². The summed E-state index contributed by atoms with van der Waals surface area (Å²) in [6, 6.07) is 4.46. The van der Waals surface area contributed by atoms with Crippen LogP contribution in [-0.2, 0) is 6.42 Å². The van der Waals surface area contributed by atoms with Gasteiger partial charge in [-0.15, -0.1) is 0 Å². The summed E-state index contributed by atoms with van der Waals surface area (Å²) in [4.78, 5) is 4.02. The summed E-state index contributed by atoms with van der Waals surface area (Å²) in [5, 5.41) is 0. The molecule has 2 N–H and O–H groups in total. The minimum absolute atomic E-state index is 0.329. The van der Waals surface area contributed by atoms with Crippen molar-refractivity contribution in [3.63, 3.8) is 0 Å².